The fourth-order valence-corrected chi connectivity index (χ4v) is 2.10. The highest BCUT2D eigenvalue weighted by atomic mass is 16.5. The lowest BCUT2D eigenvalue weighted by Crippen LogP contribution is -2.38. The lowest BCUT2D eigenvalue weighted by molar-refractivity contribution is -0.150. The SMILES string of the molecule is CCCCC(CC)(/N=C/c1ccccc1)C(=O)OCC. The van der Waals surface area contributed by atoms with Gasteiger partial charge in [0, 0.05) is 6.21 Å². The Balaban J connectivity index is 2.96. The topological polar surface area (TPSA) is 38.7 Å². The molecule has 1 aromatic rings. The zero-order chi connectivity index (χ0) is 14.8. The first-order valence-corrected chi connectivity index (χ1v) is 7.46. The molecule has 3 nitrogen and oxygen atoms in total. The number of unbranched alkanes of at least 4 members (excludes halogenated alkanes) is 1. The maximum atomic E-state index is 12.3. The summed E-state index contributed by atoms with van der Waals surface area (Å²) in [6.45, 7) is 6.34. The third-order valence-corrected chi connectivity index (χ3v) is 3.44. The second-order valence-corrected chi connectivity index (χ2v) is 4.88. The summed E-state index contributed by atoms with van der Waals surface area (Å²) < 4.78 is 5.23. The maximum absolute atomic E-state index is 12.3. The van der Waals surface area contributed by atoms with Gasteiger partial charge in [0.15, 0.2) is 5.54 Å². The Kier molecular flexibility index (Phi) is 6.99. The lowest BCUT2D eigenvalue weighted by atomic mass is 9.90. The Labute approximate surface area is 122 Å². The fraction of sp³-hybridized carbons (Fsp3) is 0.529. The maximum Gasteiger partial charge on any atom is 0.333 e. The minimum absolute atomic E-state index is 0.205. The van der Waals surface area contributed by atoms with Crippen LogP contribution in [0.1, 0.15) is 52.0 Å². The van der Waals surface area contributed by atoms with Crippen LogP contribution in [0.3, 0.4) is 0 Å². The molecule has 0 bridgehead atoms. The van der Waals surface area contributed by atoms with E-state index in [1.165, 1.54) is 0 Å². The Bertz CT molecular complexity index is 428. The number of carbonyl (C=O) groups excluding carboxylic acids is 1. The van der Waals surface area contributed by atoms with Crippen molar-refractivity contribution in [1.29, 1.82) is 0 Å². The molecular weight excluding hydrogens is 250 g/mol. The van der Waals surface area contributed by atoms with Gasteiger partial charge in [0.25, 0.3) is 0 Å². The molecule has 0 aromatic heterocycles. The van der Waals surface area contributed by atoms with Crippen molar-refractivity contribution in [3.8, 4) is 0 Å². The van der Waals surface area contributed by atoms with Gasteiger partial charge in [-0.3, -0.25) is 4.99 Å². The number of hydrogen-bond donors (Lipinski definition) is 0. The molecule has 1 aromatic carbocycles. The van der Waals surface area contributed by atoms with Crippen LogP contribution in [0.15, 0.2) is 35.3 Å². The highest BCUT2D eigenvalue weighted by Gasteiger charge is 2.36. The van der Waals surface area contributed by atoms with E-state index in [-0.39, 0.29) is 5.97 Å². The van der Waals surface area contributed by atoms with E-state index in [1.54, 1.807) is 6.21 Å². The van der Waals surface area contributed by atoms with Crippen LogP contribution in [0, 0.1) is 0 Å². The Morgan fingerprint density at radius 3 is 2.50 bits per heavy atom. The van der Waals surface area contributed by atoms with Gasteiger partial charge in [-0.15, -0.1) is 0 Å². The lowest BCUT2D eigenvalue weighted by Gasteiger charge is -2.26. The third-order valence-electron chi connectivity index (χ3n) is 3.44. The summed E-state index contributed by atoms with van der Waals surface area (Å²) in [4.78, 5) is 16.9. The van der Waals surface area contributed by atoms with Crippen molar-refractivity contribution in [2.24, 2.45) is 4.99 Å². The number of hydrogen-bond acceptors (Lipinski definition) is 3. The molecule has 1 rings (SSSR count). The first-order valence-electron chi connectivity index (χ1n) is 7.46. The van der Waals surface area contributed by atoms with E-state index in [0.29, 0.717) is 13.0 Å². The van der Waals surface area contributed by atoms with Gasteiger partial charge in [-0.2, -0.15) is 0 Å². The number of aliphatic imine (C=N–C) groups is 1. The molecule has 0 amide bonds. The van der Waals surface area contributed by atoms with E-state index < -0.39 is 5.54 Å². The van der Waals surface area contributed by atoms with Crippen molar-refractivity contribution in [2.75, 3.05) is 6.61 Å². The van der Waals surface area contributed by atoms with E-state index in [1.807, 2.05) is 44.2 Å². The van der Waals surface area contributed by atoms with Crippen LogP contribution in [0.2, 0.25) is 0 Å². The summed E-state index contributed by atoms with van der Waals surface area (Å²) in [6, 6.07) is 9.85. The zero-order valence-electron chi connectivity index (χ0n) is 12.8. The van der Waals surface area contributed by atoms with Crippen molar-refractivity contribution in [2.45, 2.75) is 52.0 Å². The van der Waals surface area contributed by atoms with Gasteiger partial charge in [0.1, 0.15) is 0 Å². The molecule has 0 saturated heterocycles. The van der Waals surface area contributed by atoms with Gasteiger partial charge in [-0.1, -0.05) is 57.0 Å². The van der Waals surface area contributed by atoms with Gasteiger partial charge < -0.3 is 4.74 Å². The van der Waals surface area contributed by atoms with Crippen LogP contribution in [-0.2, 0) is 9.53 Å². The summed E-state index contributed by atoms with van der Waals surface area (Å²) in [5.41, 5.74) is 0.271. The van der Waals surface area contributed by atoms with E-state index in [0.717, 1.165) is 24.8 Å². The molecular formula is C17H25NO2. The summed E-state index contributed by atoms with van der Waals surface area (Å²) in [5, 5.41) is 0. The average Bonchev–Trinajstić information content (AvgIpc) is 2.49. The Morgan fingerprint density at radius 1 is 1.25 bits per heavy atom. The summed E-state index contributed by atoms with van der Waals surface area (Å²) >= 11 is 0. The van der Waals surface area contributed by atoms with Gasteiger partial charge in [0.2, 0.25) is 0 Å². The molecule has 20 heavy (non-hydrogen) atoms. The van der Waals surface area contributed by atoms with Crippen LogP contribution in [0.4, 0.5) is 0 Å². The summed E-state index contributed by atoms with van der Waals surface area (Å²) in [6.07, 6.45) is 5.20. The fourth-order valence-electron chi connectivity index (χ4n) is 2.10. The molecule has 0 radical (unpaired) electrons. The van der Waals surface area contributed by atoms with E-state index >= 15 is 0 Å². The Morgan fingerprint density at radius 2 is 1.95 bits per heavy atom. The predicted molar refractivity (Wildman–Crippen MR) is 83.2 cm³/mol. The quantitative estimate of drug-likeness (QED) is 0.531. The van der Waals surface area contributed by atoms with Crippen molar-refractivity contribution >= 4 is 12.2 Å². The van der Waals surface area contributed by atoms with Crippen LogP contribution in [0.5, 0.6) is 0 Å². The van der Waals surface area contributed by atoms with Crippen molar-refractivity contribution in [1.82, 2.24) is 0 Å². The molecule has 0 heterocycles. The van der Waals surface area contributed by atoms with Crippen LogP contribution in [0.25, 0.3) is 0 Å². The van der Waals surface area contributed by atoms with Gasteiger partial charge in [-0.25, -0.2) is 4.79 Å². The largest absolute Gasteiger partial charge is 0.464 e. The van der Waals surface area contributed by atoms with Gasteiger partial charge >= 0.3 is 5.97 Å². The molecule has 3 heteroatoms. The molecule has 0 saturated carbocycles. The molecule has 1 atom stereocenters. The summed E-state index contributed by atoms with van der Waals surface area (Å²) in [7, 11) is 0. The number of nitrogens with zero attached hydrogens (tertiary/aromatic N) is 1. The molecule has 0 fully saturated rings. The molecule has 0 N–H and O–H groups in total. The monoisotopic (exact) mass is 275 g/mol. The highest BCUT2D eigenvalue weighted by Crippen LogP contribution is 2.25. The number of benzene rings is 1. The number of ether oxygens (including phenoxy) is 1. The minimum Gasteiger partial charge on any atom is -0.464 e. The highest BCUT2D eigenvalue weighted by molar-refractivity contribution is 5.86. The normalized spacial score (nSPS) is 14.2. The van der Waals surface area contributed by atoms with E-state index in [4.69, 9.17) is 4.74 Å². The summed E-state index contributed by atoms with van der Waals surface area (Å²) in [5.74, 6) is -0.205. The van der Waals surface area contributed by atoms with Crippen LogP contribution < -0.4 is 0 Å². The standard InChI is InChI=1S/C17H25NO2/c1-4-7-13-17(5-2,16(19)20-6-3)18-14-15-11-9-8-10-12-15/h8-12,14H,4-7,13H2,1-3H3/b18-14+. The van der Waals surface area contributed by atoms with Crippen molar-refractivity contribution in [3.05, 3.63) is 35.9 Å². The van der Waals surface area contributed by atoms with Crippen molar-refractivity contribution < 1.29 is 9.53 Å². The Hall–Kier alpha value is -1.64. The van der Waals surface area contributed by atoms with E-state index in [9.17, 15) is 4.79 Å². The van der Waals surface area contributed by atoms with Crippen LogP contribution >= 0.6 is 0 Å². The van der Waals surface area contributed by atoms with Crippen molar-refractivity contribution in [3.63, 3.8) is 0 Å². The molecule has 1 unspecified atom stereocenters. The number of esters is 1. The second kappa shape index (κ2) is 8.51. The zero-order valence-corrected chi connectivity index (χ0v) is 12.8. The molecule has 0 aliphatic rings. The first kappa shape index (κ1) is 16.4. The van der Waals surface area contributed by atoms with Gasteiger partial charge in [0.05, 0.1) is 6.61 Å². The molecule has 0 aliphatic carbocycles. The predicted octanol–water partition coefficient (Wildman–Crippen LogP) is 4.01. The van der Waals surface area contributed by atoms with Crippen LogP contribution in [-0.4, -0.2) is 24.3 Å². The third kappa shape index (κ3) is 4.48. The number of carbonyl (C=O) groups is 1. The van der Waals surface area contributed by atoms with Gasteiger partial charge in [-0.05, 0) is 25.3 Å². The first-order chi connectivity index (χ1) is 9.68. The average molecular weight is 275 g/mol. The molecule has 0 spiro atoms. The minimum atomic E-state index is -0.734. The number of rotatable bonds is 8. The smallest absolute Gasteiger partial charge is 0.333 e. The molecule has 0 aliphatic heterocycles. The van der Waals surface area contributed by atoms with E-state index in [2.05, 4.69) is 11.9 Å². The molecule has 110 valence electrons. The second-order valence-electron chi connectivity index (χ2n) is 4.88.